The van der Waals surface area contributed by atoms with Gasteiger partial charge in [0.15, 0.2) is 0 Å². The third-order valence-corrected chi connectivity index (χ3v) is 6.20. The van der Waals surface area contributed by atoms with E-state index in [1.165, 1.54) is 5.56 Å². The van der Waals surface area contributed by atoms with E-state index in [4.69, 9.17) is 23.7 Å². The fourth-order valence-corrected chi connectivity index (χ4v) is 4.41. The highest BCUT2D eigenvalue weighted by molar-refractivity contribution is 5.30. The quantitative estimate of drug-likeness (QED) is 0.694. The summed E-state index contributed by atoms with van der Waals surface area (Å²) in [7, 11) is 1.70. The van der Waals surface area contributed by atoms with E-state index in [0.717, 1.165) is 51.1 Å². The van der Waals surface area contributed by atoms with Crippen molar-refractivity contribution in [3.05, 3.63) is 41.5 Å². The number of aromatic nitrogens is 2. The highest BCUT2D eigenvalue weighted by atomic mass is 16.5. The van der Waals surface area contributed by atoms with Crippen LogP contribution in [0.3, 0.4) is 0 Å². The summed E-state index contributed by atoms with van der Waals surface area (Å²) in [5.74, 6) is 2.14. The first-order chi connectivity index (χ1) is 14.1. The van der Waals surface area contributed by atoms with Crippen LogP contribution in [0.4, 0.5) is 0 Å². The molecule has 2 aliphatic heterocycles. The number of benzene rings is 1. The van der Waals surface area contributed by atoms with E-state index in [0.29, 0.717) is 24.4 Å². The normalized spacial score (nSPS) is 23.2. The molecule has 0 saturated carbocycles. The summed E-state index contributed by atoms with van der Waals surface area (Å²) in [6.07, 6.45) is 3.60. The number of likely N-dealkylation sites (tertiary alicyclic amines) is 1. The minimum Gasteiger partial charge on any atom is -0.497 e. The van der Waals surface area contributed by atoms with Gasteiger partial charge in [-0.05, 0) is 57.2 Å². The minimum atomic E-state index is -0.511. The predicted molar refractivity (Wildman–Crippen MR) is 108 cm³/mol. The fourth-order valence-electron chi connectivity index (χ4n) is 4.41. The third kappa shape index (κ3) is 4.17. The van der Waals surface area contributed by atoms with Crippen LogP contribution in [0.2, 0.25) is 0 Å². The lowest BCUT2D eigenvalue weighted by Gasteiger charge is -2.41. The molecule has 0 amide bonds. The van der Waals surface area contributed by atoms with Gasteiger partial charge in [0.05, 0.1) is 7.11 Å². The van der Waals surface area contributed by atoms with E-state index < -0.39 is 5.60 Å². The molecule has 1 aromatic heterocycles. The molecule has 2 aromatic rings. The van der Waals surface area contributed by atoms with Crippen LogP contribution in [0, 0.1) is 0 Å². The second-order valence-electron chi connectivity index (χ2n) is 7.88. The molecule has 3 heterocycles. The van der Waals surface area contributed by atoms with E-state index >= 15 is 0 Å². The number of rotatable bonds is 7. The van der Waals surface area contributed by atoms with Crippen LogP contribution in [0.25, 0.3) is 0 Å². The van der Waals surface area contributed by atoms with Gasteiger partial charge in [-0.3, -0.25) is 4.90 Å². The highest BCUT2D eigenvalue weighted by Crippen LogP contribution is 2.39. The molecule has 0 unspecified atom stereocenters. The Hall–Kier alpha value is -1.96. The molecule has 1 aromatic carbocycles. The predicted octanol–water partition coefficient (Wildman–Crippen LogP) is 4.02. The van der Waals surface area contributed by atoms with E-state index in [-0.39, 0.29) is 6.10 Å². The Morgan fingerprint density at radius 1 is 1.31 bits per heavy atom. The van der Waals surface area contributed by atoms with Gasteiger partial charge in [0.2, 0.25) is 5.82 Å². The molecule has 2 atom stereocenters. The number of hydrogen-bond donors (Lipinski definition) is 0. The molecule has 158 valence electrons. The Kier molecular flexibility index (Phi) is 6.18. The Bertz CT molecular complexity index is 795. The number of hydrogen-bond acceptors (Lipinski definition) is 7. The van der Waals surface area contributed by atoms with E-state index in [2.05, 4.69) is 29.1 Å². The Morgan fingerprint density at radius 3 is 2.83 bits per heavy atom. The van der Waals surface area contributed by atoms with Crippen LogP contribution in [0.1, 0.15) is 69.0 Å². The molecule has 0 radical (unpaired) electrons. The third-order valence-electron chi connectivity index (χ3n) is 6.20. The Balaban J connectivity index is 1.47. The number of methoxy groups -OCH3 is 1. The first-order valence-electron chi connectivity index (χ1n) is 10.6. The van der Waals surface area contributed by atoms with Gasteiger partial charge in [-0.25, -0.2) is 0 Å². The van der Waals surface area contributed by atoms with E-state index in [1.54, 1.807) is 7.11 Å². The highest BCUT2D eigenvalue weighted by Gasteiger charge is 2.43. The molecule has 2 fully saturated rings. The second kappa shape index (κ2) is 8.81. The van der Waals surface area contributed by atoms with Gasteiger partial charge in [0.1, 0.15) is 17.5 Å². The van der Waals surface area contributed by atoms with Crippen LogP contribution in [0.15, 0.2) is 28.8 Å². The van der Waals surface area contributed by atoms with Gasteiger partial charge in [0.25, 0.3) is 5.89 Å². The average molecular weight is 402 g/mol. The molecular weight excluding hydrogens is 370 g/mol. The zero-order chi connectivity index (χ0) is 20.3. The van der Waals surface area contributed by atoms with Crippen LogP contribution in [-0.4, -0.2) is 48.5 Å². The maximum Gasteiger partial charge on any atom is 0.259 e. The molecular formula is C22H31N3O4. The minimum absolute atomic E-state index is 0.0423. The smallest absolute Gasteiger partial charge is 0.259 e. The maximum absolute atomic E-state index is 6.22. The molecule has 29 heavy (non-hydrogen) atoms. The summed E-state index contributed by atoms with van der Waals surface area (Å²) in [6, 6.07) is 8.59. The molecule has 4 rings (SSSR count). The van der Waals surface area contributed by atoms with Crippen molar-refractivity contribution in [2.45, 2.75) is 57.3 Å². The fraction of sp³-hybridized carbons (Fsp3) is 0.636. The summed E-state index contributed by atoms with van der Waals surface area (Å²) in [5, 5.41) is 4.20. The molecule has 7 heteroatoms. The van der Waals surface area contributed by atoms with E-state index in [1.807, 2.05) is 19.1 Å². The van der Waals surface area contributed by atoms with Crippen molar-refractivity contribution in [1.82, 2.24) is 15.0 Å². The van der Waals surface area contributed by atoms with Crippen molar-refractivity contribution < 1.29 is 18.7 Å². The van der Waals surface area contributed by atoms with Gasteiger partial charge in [-0.15, -0.1) is 0 Å². The topological polar surface area (TPSA) is 69.9 Å². The number of piperidine rings is 1. The summed E-state index contributed by atoms with van der Waals surface area (Å²) < 4.78 is 23.0. The second-order valence-corrected chi connectivity index (χ2v) is 7.88. The molecule has 2 saturated heterocycles. The molecule has 0 spiro atoms. The average Bonchev–Trinajstić information content (AvgIpc) is 3.46. The largest absolute Gasteiger partial charge is 0.497 e. The van der Waals surface area contributed by atoms with E-state index in [9.17, 15) is 0 Å². The standard InChI is InChI=1S/C22H31N3O4/c1-4-28-22(21-23-20(24-29-21)19-9-6-14-27-19)10-12-25(13-11-22)16(2)17-7-5-8-18(15-17)26-3/h5,7-8,15-16,19H,4,6,9-14H2,1-3H3/t16-,19-/m1/s1. The van der Waals surface area contributed by atoms with Gasteiger partial charge in [0, 0.05) is 32.3 Å². The number of ether oxygens (including phenoxy) is 3. The molecule has 0 N–H and O–H groups in total. The zero-order valence-corrected chi connectivity index (χ0v) is 17.6. The first-order valence-corrected chi connectivity index (χ1v) is 10.6. The van der Waals surface area contributed by atoms with Crippen molar-refractivity contribution in [2.75, 3.05) is 33.4 Å². The first kappa shape index (κ1) is 20.3. The van der Waals surface area contributed by atoms with Crippen LogP contribution in [0.5, 0.6) is 5.75 Å². The summed E-state index contributed by atoms with van der Waals surface area (Å²) in [4.78, 5) is 7.17. The van der Waals surface area contributed by atoms with Crippen LogP contribution in [-0.2, 0) is 15.1 Å². The number of nitrogens with zero attached hydrogens (tertiary/aromatic N) is 3. The molecule has 2 aliphatic rings. The van der Waals surface area contributed by atoms with Gasteiger partial charge < -0.3 is 18.7 Å². The molecule has 0 aliphatic carbocycles. The van der Waals surface area contributed by atoms with Crippen LogP contribution < -0.4 is 4.74 Å². The van der Waals surface area contributed by atoms with Gasteiger partial charge >= 0.3 is 0 Å². The Morgan fingerprint density at radius 2 is 2.14 bits per heavy atom. The molecule has 7 nitrogen and oxygen atoms in total. The van der Waals surface area contributed by atoms with Gasteiger partial charge in [-0.2, -0.15) is 4.98 Å². The summed E-state index contributed by atoms with van der Waals surface area (Å²) in [5.41, 5.74) is 0.746. The SMILES string of the molecule is CCOC1(c2nc([C@H]3CCCO3)no2)CCN([C@H](C)c2cccc(OC)c2)CC1. The van der Waals surface area contributed by atoms with Crippen molar-refractivity contribution >= 4 is 0 Å². The van der Waals surface area contributed by atoms with Crippen molar-refractivity contribution in [2.24, 2.45) is 0 Å². The van der Waals surface area contributed by atoms with Crippen molar-refractivity contribution in [3.63, 3.8) is 0 Å². The lowest BCUT2D eigenvalue weighted by molar-refractivity contribution is -0.108. The lowest BCUT2D eigenvalue weighted by Crippen LogP contribution is -2.45. The Labute approximate surface area is 172 Å². The van der Waals surface area contributed by atoms with Gasteiger partial charge in [-0.1, -0.05) is 17.3 Å². The van der Waals surface area contributed by atoms with Crippen molar-refractivity contribution in [1.29, 1.82) is 0 Å². The maximum atomic E-state index is 6.22. The lowest BCUT2D eigenvalue weighted by atomic mass is 9.89. The summed E-state index contributed by atoms with van der Waals surface area (Å²) >= 11 is 0. The van der Waals surface area contributed by atoms with Crippen molar-refractivity contribution in [3.8, 4) is 5.75 Å². The monoisotopic (exact) mass is 401 g/mol. The zero-order valence-electron chi connectivity index (χ0n) is 17.6. The van der Waals surface area contributed by atoms with Crippen LogP contribution >= 0.6 is 0 Å². The summed E-state index contributed by atoms with van der Waals surface area (Å²) in [6.45, 7) is 7.44. The molecule has 0 bridgehead atoms.